The fourth-order valence-electron chi connectivity index (χ4n) is 2.03. The Hall–Kier alpha value is -3.14. The lowest BCUT2D eigenvalue weighted by molar-refractivity contribution is -0.147. The van der Waals surface area contributed by atoms with E-state index in [0.717, 1.165) is 23.5 Å². The standard InChI is InChI=1S/C18H17FN2O6S/c1-26-17(25)8-13-10-28-18(20-13)21-15(23)9-27-16(24)7-6-14(22)11-2-4-12(19)5-3-11/h2-5,10H,6-9H2,1H3,(H,20,21,23). The molecular formula is C18H17FN2O6S. The number of aromatic nitrogens is 1. The third-order valence-corrected chi connectivity index (χ3v) is 4.24. The number of methoxy groups -OCH3 is 1. The first kappa shape index (κ1) is 21.2. The highest BCUT2D eigenvalue weighted by atomic mass is 32.1. The molecule has 0 atom stereocenters. The van der Waals surface area contributed by atoms with E-state index in [4.69, 9.17) is 4.74 Å². The number of carbonyl (C=O) groups excluding carboxylic acids is 4. The van der Waals surface area contributed by atoms with Crippen molar-refractivity contribution in [2.24, 2.45) is 0 Å². The number of anilines is 1. The largest absolute Gasteiger partial charge is 0.469 e. The van der Waals surface area contributed by atoms with E-state index < -0.39 is 30.3 Å². The van der Waals surface area contributed by atoms with Crippen molar-refractivity contribution in [3.63, 3.8) is 0 Å². The first-order valence-corrected chi connectivity index (χ1v) is 9.01. The maximum absolute atomic E-state index is 12.8. The average molecular weight is 408 g/mol. The molecule has 0 unspecified atom stereocenters. The van der Waals surface area contributed by atoms with Gasteiger partial charge in [0.25, 0.3) is 5.91 Å². The van der Waals surface area contributed by atoms with Gasteiger partial charge in [-0.3, -0.25) is 24.5 Å². The number of hydrogen-bond acceptors (Lipinski definition) is 8. The minimum absolute atomic E-state index is 0.0139. The highest BCUT2D eigenvalue weighted by Gasteiger charge is 2.14. The third kappa shape index (κ3) is 6.88. The van der Waals surface area contributed by atoms with Crippen LogP contribution in [0.2, 0.25) is 0 Å². The predicted molar refractivity (Wildman–Crippen MR) is 97.4 cm³/mol. The first-order chi connectivity index (χ1) is 13.4. The summed E-state index contributed by atoms with van der Waals surface area (Å²) in [5, 5.41) is 4.29. The van der Waals surface area contributed by atoms with Crippen LogP contribution < -0.4 is 5.32 Å². The van der Waals surface area contributed by atoms with Gasteiger partial charge in [-0.25, -0.2) is 9.37 Å². The lowest BCUT2D eigenvalue weighted by Crippen LogP contribution is -2.21. The zero-order valence-corrected chi connectivity index (χ0v) is 15.7. The summed E-state index contributed by atoms with van der Waals surface area (Å²) in [6.45, 7) is -0.532. The molecule has 0 aliphatic carbocycles. The van der Waals surface area contributed by atoms with E-state index in [2.05, 4.69) is 15.0 Å². The SMILES string of the molecule is COC(=O)Cc1csc(NC(=O)COC(=O)CCC(=O)c2ccc(F)cc2)n1. The molecular weight excluding hydrogens is 391 g/mol. The highest BCUT2D eigenvalue weighted by Crippen LogP contribution is 2.16. The van der Waals surface area contributed by atoms with E-state index in [9.17, 15) is 23.6 Å². The number of rotatable bonds is 9. The summed E-state index contributed by atoms with van der Waals surface area (Å²) in [6, 6.07) is 4.98. The zero-order chi connectivity index (χ0) is 20.5. The number of nitrogens with one attached hydrogen (secondary N) is 1. The summed E-state index contributed by atoms with van der Waals surface area (Å²) in [4.78, 5) is 50.5. The van der Waals surface area contributed by atoms with Crippen molar-refractivity contribution < 1.29 is 33.0 Å². The predicted octanol–water partition coefficient (Wildman–Crippen LogP) is 2.14. The number of halogens is 1. The van der Waals surface area contributed by atoms with Crippen molar-refractivity contribution in [1.29, 1.82) is 0 Å². The second-order valence-electron chi connectivity index (χ2n) is 5.54. The number of nitrogens with zero attached hydrogens (tertiary/aromatic N) is 1. The van der Waals surface area contributed by atoms with Gasteiger partial charge < -0.3 is 9.47 Å². The van der Waals surface area contributed by atoms with Crippen molar-refractivity contribution in [3.05, 3.63) is 46.7 Å². The fourth-order valence-corrected chi connectivity index (χ4v) is 2.76. The Kier molecular flexibility index (Phi) is 7.76. The van der Waals surface area contributed by atoms with Crippen LogP contribution in [-0.2, 0) is 30.3 Å². The third-order valence-electron chi connectivity index (χ3n) is 3.44. The molecule has 10 heteroatoms. The molecule has 2 rings (SSSR count). The van der Waals surface area contributed by atoms with E-state index in [1.54, 1.807) is 5.38 Å². The fraction of sp³-hybridized carbons (Fsp3) is 0.278. The van der Waals surface area contributed by atoms with Gasteiger partial charge in [-0.05, 0) is 24.3 Å². The van der Waals surface area contributed by atoms with E-state index in [1.165, 1.54) is 19.2 Å². The molecule has 8 nitrogen and oxygen atoms in total. The van der Waals surface area contributed by atoms with Crippen LogP contribution in [0, 0.1) is 5.82 Å². The molecule has 28 heavy (non-hydrogen) atoms. The minimum Gasteiger partial charge on any atom is -0.469 e. The number of esters is 2. The second-order valence-corrected chi connectivity index (χ2v) is 6.39. The molecule has 0 radical (unpaired) electrons. The molecule has 0 bridgehead atoms. The van der Waals surface area contributed by atoms with E-state index in [0.29, 0.717) is 11.3 Å². The Bertz CT molecular complexity index is 865. The molecule has 1 heterocycles. The Morgan fingerprint density at radius 2 is 1.82 bits per heavy atom. The van der Waals surface area contributed by atoms with Gasteiger partial charge >= 0.3 is 11.9 Å². The maximum atomic E-state index is 12.8. The van der Waals surface area contributed by atoms with Gasteiger partial charge in [-0.2, -0.15) is 0 Å². The quantitative estimate of drug-likeness (QED) is 0.500. The molecule has 2 aromatic rings. The van der Waals surface area contributed by atoms with Gasteiger partial charge in [0.1, 0.15) is 5.82 Å². The van der Waals surface area contributed by atoms with Gasteiger partial charge in [0.2, 0.25) is 0 Å². The van der Waals surface area contributed by atoms with Crippen LogP contribution in [0.3, 0.4) is 0 Å². The topological polar surface area (TPSA) is 112 Å². The molecule has 1 aromatic carbocycles. The lowest BCUT2D eigenvalue weighted by Gasteiger charge is -2.05. The molecule has 0 spiro atoms. The van der Waals surface area contributed by atoms with Crippen molar-refractivity contribution in [2.75, 3.05) is 19.0 Å². The molecule has 148 valence electrons. The van der Waals surface area contributed by atoms with E-state index in [1.807, 2.05) is 0 Å². The van der Waals surface area contributed by atoms with E-state index >= 15 is 0 Å². The Morgan fingerprint density at radius 3 is 2.50 bits per heavy atom. The summed E-state index contributed by atoms with van der Waals surface area (Å²) in [5.74, 6) is -2.55. The normalized spacial score (nSPS) is 10.2. The number of benzene rings is 1. The Labute approximate surface area is 163 Å². The monoisotopic (exact) mass is 408 g/mol. The van der Waals surface area contributed by atoms with Crippen LogP contribution in [0.15, 0.2) is 29.6 Å². The molecule has 0 aliphatic heterocycles. The maximum Gasteiger partial charge on any atom is 0.311 e. The first-order valence-electron chi connectivity index (χ1n) is 8.13. The summed E-state index contributed by atoms with van der Waals surface area (Å²) < 4.78 is 22.2. The smallest absolute Gasteiger partial charge is 0.311 e. The van der Waals surface area contributed by atoms with Crippen LogP contribution in [-0.4, -0.2) is 42.3 Å². The van der Waals surface area contributed by atoms with Crippen molar-refractivity contribution in [1.82, 2.24) is 4.98 Å². The van der Waals surface area contributed by atoms with Crippen LogP contribution in [0.1, 0.15) is 28.9 Å². The van der Waals surface area contributed by atoms with Crippen LogP contribution in [0.25, 0.3) is 0 Å². The Morgan fingerprint density at radius 1 is 1.11 bits per heavy atom. The van der Waals surface area contributed by atoms with Crippen LogP contribution in [0.4, 0.5) is 9.52 Å². The zero-order valence-electron chi connectivity index (χ0n) is 14.9. The van der Waals surface area contributed by atoms with Crippen LogP contribution >= 0.6 is 11.3 Å². The summed E-state index contributed by atoms with van der Waals surface area (Å²) in [5.41, 5.74) is 0.738. The number of ether oxygens (including phenoxy) is 2. The number of ketones is 1. The summed E-state index contributed by atoms with van der Waals surface area (Å²) >= 11 is 1.11. The Balaban J connectivity index is 1.70. The number of Topliss-reactive ketones (excluding diaryl/α,β-unsaturated/α-hetero) is 1. The number of hydrogen-bond donors (Lipinski definition) is 1. The van der Waals surface area contributed by atoms with Crippen molar-refractivity contribution in [2.45, 2.75) is 19.3 Å². The molecule has 0 aliphatic rings. The molecule has 1 aromatic heterocycles. The number of carbonyl (C=O) groups is 4. The van der Waals surface area contributed by atoms with Gasteiger partial charge in [-0.1, -0.05) is 0 Å². The molecule has 1 amide bonds. The van der Waals surface area contributed by atoms with E-state index in [-0.39, 0.29) is 30.2 Å². The molecule has 1 N–H and O–H groups in total. The molecule has 0 saturated heterocycles. The van der Waals surface area contributed by atoms with Crippen LogP contribution in [0.5, 0.6) is 0 Å². The number of thiazole rings is 1. The van der Waals surface area contributed by atoms with Gasteiger partial charge in [0.05, 0.1) is 25.6 Å². The summed E-state index contributed by atoms with van der Waals surface area (Å²) in [7, 11) is 1.26. The van der Waals surface area contributed by atoms with Gasteiger partial charge in [0, 0.05) is 17.4 Å². The number of amides is 1. The van der Waals surface area contributed by atoms with Crippen molar-refractivity contribution >= 4 is 40.1 Å². The van der Waals surface area contributed by atoms with Gasteiger partial charge in [-0.15, -0.1) is 11.3 Å². The van der Waals surface area contributed by atoms with Gasteiger partial charge in [0.15, 0.2) is 17.5 Å². The molecule has 0 saturated carbocycles. The minimum atomic E-state index is -0.712. The lowest BCUT2D eigenvalue weighted by atomic mass is 10.1. The average Bonchev–Trinajstić information content (AvgIpc) is 3.11. The second kappa shape index (κ2) is 10.3. The highest BCUT2D eigenvalue weighted by molar-refractivity contribution is 7.13. The van der Waals surface area contributed by atoms with Crippen molar-refractivity contribution in [3.8, 4) is 0 Å². The summed E-state index contributed by atoms with van der Waals surface area (Å²) in [6.07, 6.45) is -0.334. The molecule has 0 fully saturated rings.